The van der Waals surface area contributed by atoms with Crippen LogP contribution < -0.4 is 0 Å². The van der Waals surface area contributed by atoms with Crippen molar-refractivity contribution in [2.24, 2.45) is 22.7 Å². The van der Waals surface area contributed by atoms with Gasteiger partial charge in [-0.3, -0.25) is 0 Å². The van der Waals surface area contributed by atoms with E-state index in [2.05, 4.69) is 33.9 Å². The van der Waals surface area contributed by atoms with Gasteiger partial charge in [0.1, 0.15) is 6.10 Å². The smallest absolute Gasteiger partial charge is 0.333 e. The number of hydrogen-bond donors (Lipinski definition) is 1. The lowest BCUT2D eigenvalue weighted by Crippen LogP contribution is -2.38. The summed E-state index contributed by atoms with van der Waals surface area (Å²) in [5.74, 6) is -0.0182. The van der Waals surface area contributed by atoms with Crippen LogP contribution in [-0.4, -0.2) is 23.1 Å². The highest BCUT2D eigenvalue weighted by molar-refractivity contribution is 5.88. The third-order valence-electron chi connectivity index (χ3n) is 7.50. The van der Waals surface area contributed by atoms with E-state index in [0.717, 1.165) is 30.9 Å². The quantitative estimate of drug-likeness (QED) is 0.556. The van der Waals surface area contributed by atoms with Gasteiger partial charge in [-0.05, 0) is 49.4 Å². The molecule has 0 aromatic carbocycles. The maximum absolute atomic E-state index is 12.5. The third-order valence-corrected chi connectivity index (χ3v) is 7.50. The van der Waals surface area contributed by atoms with E-state index in [9.17, 15) is 9.59 Å². The minimum atomic E-state index is -0.981. The molecule has 0 spiro atoms. The normalized spacial score (nSPS) is 32.3. The summed E-state index contributed by atoms with van der Waals surface area (Å²) in [6.45, 7) is 14.1. The van der Waals surface area contributed by atoms with E-state index in [1.165, 1.54) is 32.1 Å². The van der Waals surface area contributed by atoms with Crippen molar-refractivity contribution in [1.82, 2.24) is 0 Å². The van der Waals surface area contributed by atoms with Gasteiger partial charge in [0.05, 0.1) is 0 Å². The molecule has 1 N–H and O–H groups in total. The molecule has 4 nitrogen and oxygen atoms in total. The van der Waals surface area contributed by atoms with Gasteiger partial charge in [0, 0.05) is 17.1 Å². The van der Waals surface area contributed by atoms with Gasteiger partial charge in [0.25, 0.3) is 0 Å². The Hall–Kier alpha value is -1.58. The summed E-state index contributed by atoms with van der Waals surface area (Å²) in [4.78, 5) is 21.8. The summed E-state index contributed by atoms with van der Waals surface area (Å²) in [6, 6.07) is 0. The lowest BCUT2D eigenvalue weighted by molar-refractivity contribution is -0.152. The van der Waals surface area contributed by atoms with Gasteiger partial charge in [-0.1, -0.05) is 53.2 Å². The number of carboxylic acid groups (broad SMARTS) is 1. The average Bonchev–Trinajstić information content (AvgIpc) is 2.95. The van der Waals surface area contributed by atoms with Crippen LogP contribution in [0.5, 0.6) is 0 Å². The van der Waals surface area contributed by atoms with E-state index in [0.29, 0.717) is 17.3 Å². The van der Waals surface area contributed by atoms with Gasteiger partial charge >= 0.3 is 11.9 Å². The summed E-state index contributed by atoms with van der Waals surface area (Å²) in [6.07, 6.45) is 10.5. The minimum absolute atomic E-state index is 0.0964. The first-order valence-corrected chi connectivity index (χ1v) is 9.88. The van der Waals surface area contributed by atoms with Gasteiger partial charge < -0.3 is 9.84 Å². The Kier molecular flexibility index (Phi) is 6.36. The molecule has 3 aliphatic carbocycles. The second-order valence-corrected chi connectivity index (χ2v) is 8.91. The zero-order valence-corrected chi connectivity index (χ0v) is 16.6. The summed E-state index contributed by atoms with van der Waals surface area (Å²) in [5, 5.41) is 7.60. The molecule has 0 aromatic rings. The van der Waals surface area contributed by atoms with Crippen LogP contribution in [0.2, 0.25) is 0 Å². The molecule has 3 aliphatic rings. The summed E-state index contributed by atoms with van der Waals surface area (Å²) >= 11 is 0. The van der Waals surface area contributed by atoms with Crippen LogP contribution in [0, 0.1) is 22.7 Å². The number of aliphatic carboxylic acids is 1. The second kappa shape index (κ2) is 7.98. The van der Waals surface area contributed by atoms with Crippen LogP contribution in [0.3, 0.4) is 0 Å². The fourth-order valence-electron chi connectivity index (χ4n) is 5.13. The molecule has 2 bridgehead atoms. The number of carbonyl (C=O) groups is 2. The van der Waals surface area contributed by atoms with Crippen molar-refractivity contribution in [2.45, 2.75) is 78.2 Å². The lowest BCUT2D eigenvalue weighted by Gasteiger charge is -2.38. The third kappa shape index (κ3) is 3.89. The molecule has 3 fully saturated rings. The van der Waals surface area contributed by atoms with E-state index in [1.807, 2.05) is 0 Å². The number of carboxylic acids is 1. The molecule has 0 aromatic heterocycles. The number of esters is 1. The molecule has 4 heteroatoms. The highest BCUT2D eigenvalue weighted by atomic mass is 16.5. The molecule has 3 saturated carbocycles. The number of hydrogen-bond acceptors (Lipinski definition) is 3. The first kappa shape index (κ1) is 20.7. The zero-order chi connectivity index (χ0) is 19.5. The van der Waals surface area contributed by atoms with Crippen LogP contribution in [0.1, 0.15) is 72.1 Å². The lowest BCUT2D eigenvalue weighted by atomic mass is 9.70. The fourth-order valence-corrected chi connectivity index (χ4v) is 5.13. The van der Waals surface area contributed by atoms with Gasteiger partial charge in [-0.2, -0.15) is 0 Å². The highest BCUT2D eigenvalue weighted by Gasteiger charge is 2.62. The van der Waals surface area contributed by atoms with Gasteiger partial charge in [-0.25, -0.2) is 9.59 Å². The van der Waals surface area contributed by atoms with Gasteiger partial charge in [0.2, 0.25) is 0 Å². The Morgan fingerprint density at radius 3 is 2.12 bits per heavy atom. The van der Waals surface area contributed by atoms with Crippen molar-refractivity contribution in [3.05, 3.63) is 24.8 Å². The predicted molar refractivity (Wildman–Crippen MR) is 103 cm³/mol. The predicted octanol–water partition coefficient (Wildman–Crippen LogP) is 5.14. The Bertz CT molecular complexity index is 571. The summed E-state index contributed by atoms with van der Waals surface area (Å²) in [7, 11) is 0. The van der Waals surface area contributed by atoms with Gasteiger partial charge in [-0.15, -0.1) is 0 Å². The second-order valence-electron chi connectivity index (χ2n) is 8.91. The van der Waals surface area contributed by atoms with E-state index < -0.39 is 5.97 Å². The number of rotatable bonds is 4. The van der Waals surface area contributed by atoms with Crippen molar-refractivity contribution in [3.8, 4) is 0 Å². The molecule has 146 valence electrons. The van der Waals surface area contributed by atoms with Crippen LogP contribution in [0.4, 0.5) is 0 Å². The monoisotopic (exact) mass is 362 g/mol. The minimum Gasteiger partial charge on any atom is -0.478 e. The molecule has 3 rings (SSSR count). The fraction of sp³-hybridized carbons (Fsp3) is 0.727. The SMILES string of the molecule is C=C(C(=O)OC1C[C@H]2CC[C@@]1(C)C2(C)C)C1CCCCC1.C=CC(=O)O. The molecular formula is C22H34O4. The maximum atomic E-state index is 12.5. The molecule has 0 aliphatic heterocycles. The Morgan fingerprint density at radius 2 is 1.69 bits per heavy atom. The molecule has 0 saturated heterocycles. The standard InChI is InChI=1S/C19H30O2.C3H4O2/c1-13(14-8-6-5-7-9-14)17(20)21-16-12-15-10-11-19(16,4)18(15,2)3;1-2-3(4)5/h14-16H,1,5-12H2,2-4H3;2H,1H2,(H,4,5)/t15-,16?,19-;/m1./s1. The van der Waals surface area contributed by atoms with Crippen molar-refractivity contribution in [2.75, 3.05) is 0 Å². The Balaban J connectivity index is 0.000000431. The summed E-state index contributed by atoms with van der Waals surface area (Å²) < 4.78 is 5.96. The number of carbonyl (C=O) groups excluding carboxylic acids is 1. The molecule has 0 radical (unpaired) electrons. The molecular weight excluding hydrogens is 328 g/mol. The molecule has 0 amide bonds. The Morgan fingerprint density at radius 1 is 1.12 bits per heavy atom. The van der Waals surface area contributed by atoms with Crippen molar-refractivity contribution in [1.29, 1.82) is 0 Å². The van der Waals surface area contributed by atoms with E-state index in [1.54, 1.807) is 0 Å². The number of fused-ring (bicyclic) bond motifs is 2. The molecule has 1 unspecified atom stereocenters. The molecule has 3 atom stereocenters. The van der Waals surface area contributed by atoms with Crippen molar-refractivity contribution < 1.29 is 19.4 Å². The summed E-state index contributed by atoms with van der Waals surface area (Å²) in [5.41, 5.74) is 1.18. The van der Waals surface area contributed by atoms with Crippen LogP contribution in [0.25, 0.3) is 0 Å². The number of ether oxygens (including phenoxy) is 1. The van der Waals surface area contributed by atoms with Crippen LogP contribution in [-0.2, 0) is 14.3 Å². The first-order valence-electron chi connectivity index (χ1n) is 9.88. The molecule has 0 heterocycles. The average molecular weight is 363 g/mol. The van der Waals surface area contributed by atoms with Gasteiger partial charge in [0.15, 0.2) is 0 Å². The van der Waals surface area contributed by atoms with E-state index >= 15 is 0 Å². The maximum Gasteiger partial charge on any atom is 0.333 e. The van der Waals surface area contributed by atoms with E-state index in [-0.39, 0.29) is 17.5 Å². The highest BCUT2D eigenvalue weighted by Crippen LogP contribution is 2.66. The van der Waals surface area contributed by atoms with Crippen molar-refractivity contribution in [3.63, 3.8) is 0 Å². The topological polar surface area (TPSA) is 63.6 Å². The molecule has 26 heavy (non-hydrogen) atoms. The van der Waals surface area contributed by atoms with Crippen molar-refractivity contribution >= 4 is 11.9 Å². The largest absolute Gasteiger partial charge is 0.478 e. The van der Waals surface area contributed by atoms with Crippen LogP contribution >= 0.6 is 0 Å². The zero-order valence-electron chi connectivity index (χ0n) is 16.6. The van der Waals surface area contributed by atoms with E-state index in [4.69, 9.17) is 9.84 Å². The first-order chi connectivity index (χ1) is 12.1. The Labute approximate surface area is 157 Å². The van der Waals surface area contributed by atoms with Crippen LogP contribution in [0.15, 0.2) is 24.8 Å².